The Balaban J connectivity index is 2.46. The van der Waals surface area contributed by atoms with Gasteiger partial charge in [-0.3, -0.25) is 0 Å². The highest BCUT2D eigenvalue weighted by Crippen LogP contribution is 2.22. The maximum Gasteiger partial charge on any atom is 0.197 e. The second-order valence-corrected chi connectivity index (χ2v) is 4.57. The molecule has 88 valence electrons. The molecule has 0 aliphatic rings. The summed E-state index contributed by atoms with van der Waals surface area (Å²) >= 11 is 5.05. The fraction of sp³-hybridized carbons (Fsp3) is 0.231. The monoisotopic (exact) mass is 245 g/mol. The number of benzene rings is 1. The molecule has 2 aromatic rings. The Labute approximate surface area is 106 Å². The van der Waals surface area contributed by atoms with Crippen molar-refractivity contribution in [1.29, 1.82) is 0 Å². The molecule has 4 heteroatoms. The van der Waals surface area contributed by atoms with Gasteiger partial charge in [0.1, 0.15) is 0 Å². The molecule has 1 heterocycles. The van der Waals surface area contributed by atoms with Gasteiger partial charge in [-0.2, -0.15) is 0 Å². The summed E-state index contributed by atoms with van der Waals surface area (Å²) < 4.78 is 0.516. The van der Waals surface area contributed by atoms with Crippen molar-refractivity contribution in [2.24, 2.45) is 0 Å². The van der Waals surface area contributed by atoms with Gasteiger partial charge in [0.05, 0.1) is 5.69 Å². The molecule has 0 spiro atoms. The van der Waals surface area contributed by atoms with Crippen molar-refractivity contribution < 1.29 is 0 Å². The summed E-state index contributed by atoms with van der Waals surface area (Å²) in [6.07, 6.45) is 1.80. The maximum absolute atomic E-state index is 5.05. The molecule has 1 aromatic heterocycles. The normalized spacial score (nSPS) is 10.3. The number of anilines is 1. The number of nitrogens with one attached hydrogen (secondary N) is 1. The van der Waals surface area contributed by atoms with Crippen molar-refractivity contribution in [2.45, 2.75) is 6.92 Å². The number of rotatable bonds is 2. The first-order chi connectivity index (χ1) is 8.08. The topological polar surface area (TPSA) is 31.9 Å². The zero-order chi connectivity index (χ0) is 12.4. The van der Waals surface area contributed by atoms with Gasteiger partial charge in [0, 0.05) is 26.0 Å². The van der Waals surface area contributed by atoms with Gasteiger partial charge in [-0.05, 0) is 42.4 Å². The van der Waals surface area contributed by atoms with Crippen molar-refractivity contribution in [3.63, 3.8) is 0 Å². The molecule has 1 aromatic carbocycles. The summed E-state index contributed by atoms with van der Waals surface area (Å²) in [6, 6.07) is 8.35. The molecule has 0 unspecified atom stereocenters. The van der Waals surface area contributed by atoms with Crippen LogP contribution in [0.2, 0.25) is 0 Å². The highest BCUT2D eigenvalue weighted by Gasteiger charge is 2.03. The lowest BCUT2D eigenvalue weighted by molar-refractivity contribution is 1.10. The van der Waals surface area contributed by atoms with Gasteiger partial charge in [-0.25, -0.2) is 4.98 Å². The fourth-order valence-corrected chi connectivity index (χ4v) is 1.84. The number of H-pyrrole nitrogens is 1. The van der Waals surface area contributed by atoms with E-state index in [2.05, 4.69) is 39.1 Å². The van der Waals surface area contributed by atoms with Crippen molar-refractivity contribution in [1.82, 2.24) is 9.97 Å². The molecule has 17 heavy (non-hydrogen) atoms. The van der Waals surface area contributed by atoms with E-state index in [9.17, 15) is 0 Å². The third-order valence-corrected chi connectivity index (χ3v) is 2.88. The predicted octanol–water partition coefficient (Wildman–Crippen LogP) is 3.18. The Bertz CT molecular complexity index is 570. The van der Waals surface area contributed by atoms with Crippen LogP contribution >= 0.6 is 12.2 Å². The number of hydrogen-bond donors (Lipinski definition) is 1. The standard InChI is InChI=1S/C13H15N3S/c1-9-8-14-13(17)15-12(9)10-4-6-11(7-5-10)16(2)3/h4-8H,1-3H3,(H,14,15,17). The van der Waals surface area contributed by atoms with E-state index in [4.69, 9.17) is 12.2 Å². The highest BCUT2D eigenvalue weighted by molar-refractivity contribution is 7.71. The largest absolute Gasteiger partial charge is 0.378 e. The van der Waals surface area contributed by atoms with E-state index in [1.54, 1.807) is 6.20 Å². The van der Waals surface area contributed by atoms with Crippen molar-refractivity contribution in [2.75, 3.05) is 19.0 Å². The molecule has 0 radical (unpaired) electrons. The van der Waals surface area contributed by atoms with Gasteiger partial charge in [0.2, 0.25) is 0 Å². The van der Waals surface area contributed by atoms with Gasteiger partial charge in [-0.1, -0.05) is 12.1 Å². The third-order valence-electron chi connectivity index (χ3n) is 2.67. The lowest BCUT2D eigenvalue weighted by Crippen LogP contribution is -2.08. The van der Waals surface area contributed by atoms with Gasteiger partial charge in [0.15, 0.2) is 4.77 Å². The van der Waals surface area contributed by atoms with E-state index in [-0.39, 0.29) is 0 Å². The SMILES string of the molecule is Cc1cnc(=S)[nH]c1-c1ccc(N(C)C)cc1. The number of aryl methyl sites for hydroxylation is 1. The van der Waals surface area contributed by atoms with Gasteiger partial charge in [0.25, 0.3) is 0 Å². The molecular weight excluding hydrogens is 230 g/mol. The zero-order valence-corrected chi connectivity index (χ0v) is 11.0. The lowest BCUT2D eigenvalue weighted by Gasteiger charge is -2.13. The summed E-state index contributed by atoms with van der Waals surface area (Å²) in [6.45, 7) is 2.02. The molecule has 0 bridgehead atoms. The van der Waals surface area contributed by atoms with E-state index in [1.807, 2.05) is 21.0 Å². The quantitative estimate of drug-likeness (QED) is 0.825. The molecule has 0 aliphatic carbocycles. The lowest BCUT2D eigenvalue weighted by atomic mass is 10.1. The van der Waals surface area contributed by atoms with E-state index in [0.717, 1.165) is 16.8 Å². The fourth-order valence-electron chi connectivity index (χ4n) is 1.68. The summed E-state index contributed by atoms with van der Waals surface area (Å²) in [5.41, 5.74) is 4.44. The summed E-state index contributed by atoms with van der Waals surface area (Å²) in [5.74, 6) is 0. The minimum absolute atomic E-state index is 0.516. The summed E-state index contributed by atoms with van der Waals surface area (Å²) in [7, 11) is 4.06. The van der Waals surface area contributed by atoms with Crippen molar-refractivity contribution in [3.8, 4) is 11.3 Å². The van der Waals surface area contributed by atoms with Crippen LogP contribution in [0.4, 0.5) is 5.69 Å². The number of nitrogens with zero attached hydrogens (tertiary/aromatic N) is 2. The Morgan fingerprint density at radius 1 is 1.18 bits per heavy atom. The van der Waals surface area contributed by atoms with Gasteiger partial charge < -0.3 is 9.88 Å². The van der Waals surface area contributed by atoms with Crippen LogP contribution in [0.1, 0.15) is 5.56 Å². The molecule has 2 rings (SSSR count). The summed E-state index contributed by atoms with van der Waals surface area (Å²) in [4.78, 5) is 9.27. The van der Waals surface area contributed by atoms with Crippen LogP contribution in [0.15, 0.2) is 30.5 Å². The van der Waals surface area contributed by atoms with Crippen LogP contribution in [-0.4, -0.2) is 24.1 Å². The molecule has 0 atom stereocenters. The number of aromatic amines is 1. The van der Waals surface area contributed by atoms with E-state index < -0.39 is 0 Å². The Kier molecular flexibility index (Phi) is 3.24. The van der Waals surface area contributed by atoms with E-state index in [0.29, 0.717) is 4.77 Å². The highest BCUT2D eigenvalue weighted by atomic mass is 32.1. The van der Waals surface area contributed by atoms with Crippen LogP contribution in [0.3, 0.4) is 0 Å². The first-order valence-corrected chi connectivity index (χ1v) is 5.82. The maximum atomic E-state index is 5.05. The Hall–Kier alpha value is -1.68. The first-order valence-electron chi connectivity index (χ1n) is 5.41. The van der Waals surface area contributed by atoms with Crippen LogP contribution in [-0.2, 0) is 0 Å². The zero-order valence-electron chi connectivity index (χ0n) is 10.2. The Morgan fingerprint density at radius 2 is 1.82 bits per heavy atom. The number of hydrogen-bond acceptors (Lipinski definition) is 3. The molecule has 0 saturated carbocycles. The second-order valence-electron chi connectivity index (χ2n) is 4.19. The van der Waals surface area contributed by atoms with E-state index >= 15 is 0 Å². The van der Waals surface area contributed by atoms with Crippen LogP contribution < -0.4 is 4.90 Å². The molecule has 0 saturated heterocycles. The Morgan fingerprint density at radius 3 is 2.41 bits per heavy atom. The van der Waals surface area contributed by atoms with Crippen LogP contribution in [0, 0.1) is 11.7 Å². The first kappa shape index (κ1) is 11.8. The van der Waals surface area contributed by atoms with E-state index in [1.165, 1.54) is 5.69 Å². The molecule has 1 N–H and O–H groups in total. The molecule has 0 fully saturated rings. The molecular formula is C13H15N3S. The smallest absolute Gasteiger partial charge is 0.197 e. The van der Waals surface area contributed by atoms with Crippen molar-refractivity contribution in [3.05, 3.63) is 40.8 Å². The predicted molar refractivity (Wildman–Crippen MR) is 73.9 cm³/mol. The minimum atomic E-state index is 0.516. The molecule has 3 nitrogen and oxygen atoms in total. The average molecular weight is 245 g/mol. The average Bonchev–Trinajstić information content (AvgIpc) is 2.32. The summed E-state index contributed by atoms with van der Waals surface area (Å²) in [5, 5.41) is 0. The second kappa shape index (κ2) is 4.67. The number of aromatic nitrogens is 2. The third kappa shape index (κ3) is 2.53. The van der Waals surface area contributed by atoms with Crippen LogP contribution in [0.5, 0.6) is 0 Å². The van der Waals surface area contributed by atoms with Gasteiger partial charge in [-0.15, -0.1) is 0 Å². The molecule has 0 aliphatic heterocycles. The molecule has 0 amide bonds. The van der Waals surface area contributed by atoms with Gasteiger partial charge >= 0.3 is 0 Å². The van der Waals surface area contributed by atoms with Crippen molar-refractivity contribution >= 4 is 17.9 Å². The minimum Gasteiger partial charge on any atom is -0.378 e. The van der Waals surface area contributed by atoms with Crippen LogP contribution in [0.25, 0.3) is 11.3 Å².